The van der Waals surface area contributed by atoms with E-state index in [2.05, 4.69) is 16.0 Å². The average molecular weight is 523 g/mol. The highest BCUT2D eigenvalue weighted by atomic mass is 35.5. The van der Waals surface area contributed by atoms with Crippen molar-refractivity contribution in [3.8, 4) is 0 Å². The fourth-order valence-electron chi connectivity index (χ4n) is 2.82. The molecular formula is C22H20Cl2N4O7. The van der Waals surface area contributed by atoms with Crippen LogP contribution in [0.15, 0.2) is 42.5 Å². The number of benzene rings is 2. The Bertz CT molecular complexity index is 1150. The topological polar surface area (TPSA) is 186 Å². The fourth-order valence-corrected chi connectivity index (χ4v) is 3.35. The Morgan fingerprint density at radius 1 is 0.857 bits per heavy atom. The highest BCUT2D eigenvalue weighted by molar-refractivity contribution is 6.36. The van der Waals surface area contributed by atoms with E-state index in [0.29, 0.717) is 5.56 Å². The fraction of sp³-hybridized carbons (Fsp3) is 0.182. The van der Waals surface area contributed by atoms with Crippen molar-refractivity contribution in [3.63, 3.8) is 0 Å². The van der Waals surface area contributed by atoms with Gasteiger partial charge in [-0.1, -0.05) is 29.3 Å². The molecule has 2 aromatic rings. The molecule has 2 aromatic carbocycles. The van der Waals surface area contributed by atoms with Gasteiger partial charge >= 0.3 is 11.9 Å². The van der Waals surface area contributed by atoms with Gasteiger partial charge in [0.05, 0.1) is 12.0 Å². The zero-order chi connectivity index (χ0) is 26.1. The van der Waals surface area contributed by atoms with E-state index in [0.717, 1.165) is 0 Å². The van der Waals surface area contributed by atoms with Crippen LogP contribution in [0.1, 0.15) is 39.1 Å². The Labute approximate surface area is 208 Å². The minimum absolute atomic E-state index is 0.0359. The highest BCUT2D eigenvalue weighted by Crippen LogP contribution is 2.24. The maximum absolute atomic E-state index is 12.3. The van der Waals surface area contributed by atoms with Crippen molar-refractivity contribution in [2.45, 2.75) is 25.3 Å². The zero-order valence-corrected chi connectivity index (χ0v) is 19.4. The monoisotopic (exact) mass is 522 g/mol. The van der Waals surface area contributed by atoms with Crippen molar-refractivity contribution < 1.29 is 34.2 Å². The van der Waals surface area contributed by atoms with Gasteiger partial charge in [0.25, 0.3) is 5.91 Å². The van der Waals surface area contributed by atoms with Crippen LogP contribution in [0.2, 0.25) is 10.0 Å². The van der Waals surface area contributed by atoms with Gasteiger partial charge in [-0.3, -0.25) is 30.4 Å². The third kappa shape index (κ3) is 8.40. The summed E-state index contributed by atoms with van der Waals surface area (Å²) in [5.41, 5.74) is 0.344. The molecule has 0 saturated carbocycles. The number of nitrogens with one attached hydrogen (secondary N) is 4. The second-order valence-electron chi connectivity index (χ2n) is 7.13. The van der Waals surface area contributed by atoms with Gasteiger partial charge in [0.15, 0.2) is 0 Å². The van der Waals surface area contributed by atoms with Crippen molar-refractivity contribution in [2.24, 2.45) is 0 Å². The lowest BCUT2D eigenvalue weighted by atomic mass is 10.1. The highest BCUT2D eigenvalue weighted by Gasteiger charge is 2.22. The van der Waals surface area contributed by atoms with E-state index in [9.17, 15) is 29.1 Å². The van der Waals surface area contributed by atoms with Crippen LogP contribution in [0, 0.1) is 5.41 Å². The summed E-state index contributed by atoms with van der Waals surface area (Å²) in [6, 6.07) is 8.11. The molecule has 0 heterocycles. The summed E-state index contributed by atoms with van der Waals surface area (Å²) in [4.78, 5) is 58.8. The number of carboxylic acid groups (broad SMARTS) is 2. The lowest BCUT2D eigenvalue weighted by Gasteiger charge is -2.15. The zero-order valence-electron chi connectivity index (χ0n) is 17.9. The molecular weight excluding hydrogens is 503 g/mol. The van der Waals surface area contributed by atoms with E-state index in [4.69, 9.17) is 33.7 Å². The molecule has 0 aliphatic rings. The molecule has 0 aliphatic heterocycles. The van der Waals surface area contributed by atoms with Crippen molar-refractivity contribution in [3.05, 3.63) is 69.2 Å². The number of rotatable bonds is 9. The first-order chi connectivity index (χ1) is 16.5. The smallest absolute Gasteiger partial charge is 0.335 e. The first-order valence-electron chi connectivity index (χ1n) is 9.96. The Hall–Kier alpha value is -3.96. The van der Waals surface area contributed by atoms with Gasteiger partial charge in [0, 0.05) is 22.0 Å². The summed E-state index contributed by atoms with van der Waals surface area (Å²) in [5.74, 6) is -5.40. The molecule has 1 atom stereocenters. The van der Waals surface area contributed by atoms with Gasteiger partial charge in [-0.25, -0.2) is 9.59 Å². The molecule has 184 valence electrons. The maximum atomic E-state index is 12.3. The van der Waals surface area contributed by atoms with Crippen LogP contribution in [-0.4, -0.2) is 51.9 Å². The van der Waals surface area contributed by atoms with Gasteiger partial charge < -0.3 is 15.5 Å². The maximum Gasteiger partial charge on any atom is 0.335 e. The van der Waals surface area contributed by atoms with Gasteiger partial charge in [-0.2, -0.15) is 0 Å². The quantitative estimate of drug-likeness (QED) is 0.214. The second kappa shape index (κ2) is 12.5. The molecule has 0 spiro atoms. The average Bonchev–Trinajstić information content (AvgIpc) is 2.78. The largest absolute Gasteiger partial charge is 0.480 e. The van der Waals surface area contributed by atoms with E-state index in [1.807, 2.05) is 0 Å². The third-order valence-electron chi connectivity index (χ3n) is 4.59. The predicted octanol–water partition coefficient (Wildman–Crippen LogP) is 2.06. The molecule has 0 saturated heterocycles. The van der Waals surface area contributed by atoms with Crippen LogP contribution >= 0.6 is 23.2 Å². The predicted molar refractivity (Wildman–Crippen MR) is 126 cm³/mol. The number of aliphatic carboxylic acids is 1. The number of carbonyl (C=O) groups excluding carboxylic acids is 3. The van der Waals surface area contributed by atoms with Crippen molar-refractivity contribution in [1.82, 2.24) is 16.0 Å². The normalized spacial score (nSPS) is 11.1. The summed E-state index contributed by atoms with van der Waals surface area (Å²) in [5, 5.41) is 33.0. The number of hydrogen-bond donors (Lipinski definition) is 6. The van der Waals surface area contributed by atoms with Crippen LogP contribution < -0.4 is 16.0 Å². The van der Waals surface area contributed by atoms with Crippen molar-refractivity contribution in [2.75, 3.05) is 0 Å². The van der Waals surface area contributed by atoms with E-state index in [1.54, 1.807) is 18.2 Å². The molecule has 0 bridgehead atoms. The molecule has 0 unspecified atom stereocenters. The van der Waals surface area contributed by atoms with E-state index >= 15 is 0 Å². The first kappa shape index (κ1) is 27.3. The van der Waals surface area contributed by atoms with Crippen LogP contribution in [0.25, 0.3) is 0 Å². The summed E-state index contributed by atoms with van der Waals surface area (Å²) in [7, 11) is 0. The van der Waals surface area contributed by atoms with E-state index < -0.39 is 41.7 Å². The molecule has 2 rings (SSSR count). The second-order valence-corrected chi connectivity index (χ2v) is 7.95. The Balaban J connectivity index is 1.85. The van der Waals surface area contributed by atoms with Gasteiger partial charge in [-0.05, 0) is 48.4 Å². The Kier molecular flexibility index (Phi) is 9.74. The molecule has 6 N–H and O–H groups in total. The summed E-state index contributed by atoms with van der Waals surface area (Å²) in [6.07, 6.45) is -0.933. The lowest BCUT2D eigenvalue weighted by molar-refractivity contribution is -0.139. The van der Waals surface area contributed by atoms with Gasteiger partial charge in [0.1, 0.15) is 6.04 Å². The minimum atomic E-state index is -1.43. The Morgan fingerprint density at radius 3 is 1.94 bits per heavy atom. The number of halogens is 2. The third-order valence-corrected chi connectivity index (χ3v) is 5.29. The number of guanidine groups is 1. The molecule has 3 amide bonds. The molecule has 13 heteroatoms. The van der Waals surface area contributed by atoms with E-state index in [-0.39, 0.29) is 40.4 Å². The van der Waals surface area contributed by atoms with Gasteiger partial charge in [-0.15, -0.1) is 0 Å². The van der Waals surface area contributed by atoms with Crippen molar-refractivity contribution in [1.29, 1.82) is 5.41 Å². The standard InChI is InChI=1S/C22H20Cl2N4O7/c23-14-2-1-3-15(24)13(14)10-18(30)28-22(25)27-17(29)9-8-16(21(34)35)26-19(31)11-4-6-12(7-5-11)20(32)33/h1-7,16H,8-10H2,(H,26,31)(H,32,33)(H,34,35)(H3,25,27,28,29,30)/t16-/m0/s1. The van der Waals surface area contributed by atoms with Crippen LogP contribution in [0.5, 0.6) is 0 Å². The molecule has 35 heavy (non-hydrogen) atoms. The minimum Gasteiger partial charge on any atom is -0.480 e. The number of carboxylic acids is 2. The van der Waals surface area contributed by atoms with Crippen LogP contribution in [-0.2, 0) is 20.8 Å². The molecule has 0 radical (unpaired) electrons. The first-order valence-corrected chi connectivity index (χ1v) is 10.7. The molecule has 0 fully saturated rings. The van der Waals surface area contributed by atoms with Crippen LogP contribution in [0.4, 0.5) is 0 Å². The number of hydrogen-bond acceptors (Lipinski definition) is 6. The molecule has 0 aromatic heterocycles. The number of amides is 3. The molecule has 11 nitrogen and oxygen atoms in total. The summed E-state index contributed by atoms with van der Waals surface area (Å²) >= 11 is 12.0. The lowest BCUT2D eigenvalue weighted by Crippen LogP contribution is -2.45. The van der Waals surface area contributed by atoms with Crippen molar-refractivity contribution >= 4 is 58.8 Å². The van der Waals surface area contributed by atoms with Crippen LogP contribution in [0.3, 0.4) is 0 Å². The number of carbonyl (C=O) groups is 5. The van der Waals surface area contributed by atoms with Gasteiger partial charge in [0.2, 0.25) is 17.8 Å². The SMILES string of the molecule is N=C(NC(=O)CC[C@H](NC(=O)c1ccc(C(=O)O)cc1)C(=O)O)NC(=O)Cc1c(Cl)cccc1Cl. The molecule has 0 aliphatic carbocycles. The Morgan fingerprint density at radius 2 is 1.40 bits per heavy atom. The van der Waals surface area contributed by atoms with E-state index in [1.165, 1.54) is 24.3 Å². The summed E-state index contributed by atoms with van der Waals surface area (Å²) in [6.45, 7) is 0. The summed E-state index contributed by atoms with van der Waals surface area (Å²) < 4.78 is 0. The number of aromatic carboxylic acids is 1.